The van der Waals surface area contributed by atoms with Crippen LogP contribution in [-0.4, -0.2) is 24.3 Å². The first-order valence-corrected chi connectivity index (χ1v) is 11.5. The van der Waals surface area contributed by atoms with Gasteiger partial charge in [-0.2, -0.15) is 5.26 Å². The van der Waals surface area contributed by atoms with Gasteiger partial charge in [-0.25, -0.2) is 18.4 Å². The van der Waals surface area contributed by atoms with E-state index >= 15 is 0 Å². The Hall–Kier alpha value is -4.29. The number of nitrogens with one attached hydrogen (secondary N) is 2. The highest BCUT2D eigenvalue weighted by Crippen LogP contribution is 2.33. The molecule has 4 rings (SSSR count). The summed E-state index contributed by atoms with van der Waals surface area (Å²) in [7, 11) is -4.15. The van der Waals surface area contributed by atoms with Gasteiger partial charge in [0, 0.05) is 18.3 Å². The molecule has 8 nitrogen and oxygen atoms in total. The highest BCUT2D eigenvalue weighted by Gasteiger charge is 2.33. The molecule has 1 heterocycles. The minimum absolute atomic E-state index is 0.00555. The largest absolute Gasteiger partial charge is 0.339 e. The number of aromatic nitrogens is 2. The van der Waals surface area contributed by atoms with Crippen molar-refractivity contribution >= 4 is 44.0 Å². The molecular weight excluding hydrogens is 438 g/mol. The summed E-state index contributed by atoms with van der Waals surface area (Å²) >= 11 is 0. The second-order valence-corrected chi connectivity index (χ2v) is 9.23. The lowest BCUT2D eigenvalue weighted by Gasteiger charge is -2.16. The summed E-state index contributed by atoms with van der Waals surface area (Å²) in [6.45, 7) is 1.36. The van der Waals surface area contributed by atoms with Crippen molar-refractivity contribution in [2.24, 2.45) is 0 Å². The summed E-state index contributed by atoms with van der Waals surface area (Å²) in [5.41, 5.74) is 2.17. The monoisotopic (exact) mass is 457 g/mol. The van der Waals surface area contributed by atoms with E-state index in [1.807, 2.05) is 24.3 Å². The highest BCUT2D eigenvalue weighted by molar-refractivity contribution is 7.92. The number of hydrogen-bond donors (Lipinski definition) is 2. The second kappa shape index (κ2) is 9.06. The van der Waals surface area contributed by atoms with Gasteiger partial charge in [0.15, 0.2) is 11.1 Å². The van der Waals surface area contributed by atoms with Crippen molar-refractivity contribution < 1.29 is 13.2 Å². The number of anilines is 3. The van der Waals surface area contributed by atoms with Gasteiger partial charge in [0.05, 0.1) is 22.0 Å². The van der Waals surface area contributed by atoms with E-state index in [1.165, 1.54) is 31.2 Å². The molecule has 0 fully saturated rings. The Morgan fingerprint density at radius 3 is 2.09 bits per heavy atom. The summed E-state index contributed by atoms with van der Waals surface area (Å²) < 4.78 is 26.9. The molecule has 0 spiro atoms. The van der Waals surface area contributed by atoms with E-state index in [1.54, 1.807) is 36.4 Å². The summed E-state index contributed by atoms with van der Waals surface area (Å²) in [4.78, 5) is 20.2. The van der Waals surface area contributed by atoms with E-state index < -0.39 is 15.1 Å². The number of sulfone groups is 1. The first-order valence-electron chi connectivity index (χ1n) is 9.98. The maximum atomic E-state index is 13.4. The molecule has 0 bridgehead atoms. The molecule has 0 aliphatic rings. The molecule has 0 saturated heterocycles. The van der Waals surface area contributed by atoms with E-state index in [4.69, 9.17) is 0 Å². The van der Waals surface area contributed by atoms with Crippen LogP contribution in [-0.2, 0) is 14.6 Å². The molecule has 9 heteroatoms. The maximum absolute atomic E-state index is 13.4. The molecule has 1 aromatic heterocycles. The average Bonchev–Trinajstić information content (AvgIpc) is 2.80. The average molecular weight is 458 g/mol. The molecule has 2 N–H and O–H groups in total. The Labute approximate surface area is 190 Å². The molecule has 164 valence electrons. The van der Waals surface area contributed by atoms with Crippen LogP contribution < -0.4 is 10.6 Å². The van der Waals surface area contributed by atoms with Gasteiger partial charge in [-0.05, 0) is 48.5 Å². The molecule has 1 amide bonds. The number of carbonyl (C=O) groups excluding carboxylic acids is 1. The van der Waals surface area contributed by atoms with Crippen LogP contribution in [0.4, 0.5) is 17.2 Å². The van der Waals surface area contributed by atoms with E-state index in [0.29, 0.717) is 22.4 Å². The van der Waals surface area contributed by atoms with Gasteiger partial charge in [-0.15, -0.1) is 0 Å². The number of carbonyl (C=O) groups is 1. The van der Waals surface area contributed by atoms with Gasteiger partial charge >= 0.3 is 0 Å². The normalized spacial score (nSPS) is 12.0. The fourth-order valence-electron chi connectivity index (χ4n) is 3.29. The zero-order valence-electron chi connectivity index (χ0n) is 17.6. The number of benzene rings is 3. The Morgan fingerprint density at radius 2 is 1.48 bits per heavy atom. The van der Waals surface area contributed by atoms with E-state index in [-0.39, 0.29) is 22.3 Å². The van der Waals surface area contributed by atoms with Crippen molar-refractivity contribution in [3.05, 3.63) is 84.6 Å². The molecule has 3 aromatic carbocycles. The van der Waals surface area contributed by atoms with Crippen LogP contribution in [0.3, 0.4) is 0 Å². The third kappa shape index (κ3) is 4.66. The summed E-state index contributed by atoms with van der Waals surface area (Å²) in [6.07, 6.45) is 0. The molecule has 1 atom stereocenters. The van der Waals surface area contributed by atoms with Gasteiger partial charge in [0.25, 0.3) is 0 Å². The van der Waals surface area contributed by atoms with Crippen molar-refractivity contribution in [1.29, 1.82) is 5.26 Å². The van der Waals surface area contributed by atoms with Crippen molar-refractivity contribution in [2.45, 2.75) is 17.1 Å². The van der Waals surface area contributed by atoms with Crippen LogP contribution in [0.15, 0.2) is 83.8 Å². The number of fused-ring (bicyclic) bond motifs is 1. The van der Waals surface area contributed by atoms with Crippen molar-refractivity contribution in [3.63, 3.8) is 0 Å². The van der Waals surface area contributed by atoms with Crippen LogP contribution in [0.25, 0.3) is 11.0 Å². The Bertz CT molecular complexity index is 1460. The smallest absolute Gasteiger partial charge is 0.221 e. The zero-order chi connectivity index (χ0) is 23.4. The standard InChI is InChI=1S/C24H19N5O3S/c1-16(30)26-18-11-13-19(14-12-18)33(31,32)22(15-25)23-24(27-17-7-3-2-4-8-17)29-21-10-6-5-9-20(21)28-23/h2-14,22H,1H3,(H,26,30)(H,27,29)/t22-/m0/s1. The van der Waals surface area contributed by atoms with Crippen LogP contribution >= 0.6 is 0 Å². The number of para-hydroxylation sites is 3. The Kier molecular flexibility index (Phi) is 6.02. The van der Waals surface area contributed by atoms with Crippen LogP contribution in [0, 0.1) is 11.3 Å². The molecule has 0 radical (unpaired) electrons. The van der Waals surface area contributed by atoms with Gasteiger partial charge in [-0.3, -0.25) is 4.79 Å². The third-order valence-corrected chi connectivity index (χ3v) is 6.69. The molecular formula is C24H19N5O3S. The fourth-order valence-corrected chi connectivity index (χ4v) is 4.68. The SMILES string of the molecule is CC(=O)Nc1ccc(S(=O)(=O)[C@@H](C#N)c2nc3ccccc3nc2Nc2ccccc2)cc1. The lowest BCUT2D eigenvalue weighted by atomic mass is 10.2. The Balaban J connectivity index is 1.81. The fraction of sp³-hybridized carbons (Fsp3) is 0.0833. The van der Waals surface area contributed by atoms with Crippen LogP contribution in [0.5, 0.6) is 0 Å². The lowest BCUT2D eigenvalue weighted by molar-refractivity contribution is -0.114. The van der Waals surface area contributed by atoms with E-state index in [2.05, 4.69) is 20.6 Å². The van der Waals surface area contributed by atoms with Crippen LogP contribution in [0.2, 0.25) is 0 Å². The summed E-state index contributed by atoms with van der Waals surface area (Å²) in [6, 6.07) is 23.7. The second-order valence-electron chi connectivity index (χ2n) is 7.20. The first-order chi connectivity index (χ1) is 15.9. The number of nitrogens with zero attached hydrogens (tertiary/aromatic N) is 3. The predicted octanol–water partition coefficient (Wildman–Crippen LogP) is 4.37. The Morgan fingerprint density at radius 1 is 0.879 bits per heavy atom. The minimum atomic E-state index is -4.15. The highest BCUT2D eigenvalue weighted by atomic mass is 32.2. The number of hydrogen-bond acceptors (Lipinski definition) is 7. The van der Waals surface area contributed by atoms with Crippen molar-refractivity contribution in [2.75, 3.05) is 10.6 Å². The number of rotatable bonds is 6. The van der Waals surface area contributed by atoms with Gasteiger partial charge < -0.3 is 10.6 Å². The summed E-state index contributed by atoms with van der Waals surface area (Å²) in [5.74, 6) is -0.0894. The molecule has 0 aliphatic heterocycles. The lowest BCUT2D eigenvalue weighted by Crippen LogP contribution is -2.16. The maximum Gasteiger partial charge on any atom is 0.221 e. The van der Waals surface area contributed by atoms with Gasteiger partial charge in [0.1, 0.15) is 5.69 Å². The zero-order valence-corrected chi connectivity index (χ0v) is 18.4. The molecule has 0 unspecified atom stereocenters. The van der Waals surface area contributed by atoms with Crippen molar-refractivity contribution in [1.82, 2.24) is 9.97 Å². The molecule has 0 aliphatic carbocycles. The topological polar surface area (TPSA) is 125 Å². The third-order valence-electron chi connectivity index (χ3n) is 4.81. The molecule has 33 heavy (non-hydrogen) atoms. The van der Waals surface area contributed by atoms with Gasteiger partial charge in [0.2, 0.25) is 15.7 Å². The molecule has 0 saturated carbocycles. The predicted molar refractivity (Wildman–Crippen MR) is 126 cm³/mol. The molecule has 4 aromatic rings. The van der Waals surface area contributed by atoms with Crippen LogP contribution in [0.1, 0.15) is 17.9 Å². The first kappa shape index (κ1) is 21.9. The van der Waals surface area contributed by atoms with E-state index in [0.717, 1.165) is 0 Å². The van der Waals surface area contributed by atoms with Gasteiger partial charge in [-0.1, -0.05) is 30.3 Å². The minimum Gasteiger partial charge on any atom is -0.339 e. The number of amides is 1. The number of nitriles is 1. The van der Waals surface area contributed by atoms with E-state index in [9.17, 15) is 18.5 Å². The summed E-state index contributed by atoms with van der Waals surface area (Å²) in [5, 5.41) is 14.0. The quantitative estimate of drug-likeness (QED) is 0.440. The van der Waals surface area contributed by atoms with Crippen molar-refractivity contribution in [3.8, 4) is 6.07 Å².